The van der Waals surface area contributed by atoms with E-state index in [1.165, 1.54) is 0 Å². The second kappa shape index (κ2) is 6.34. The molecule has 0 aliphatic carbocycles. The maximum Gasteiger partial charge on any atom is -0.0224 e. The van der Waals surface area contributed by atoms with Crippen molar-refractivity contribution >= 4 is 0 Å². The highest BCUT2D eigenvalue weighted by Crippen LogP contribution is 2.03. The molecule has 0 aromatic heterocycles. The summed E-state index contributed by atoms with van der Waals surface area (Å²) in [6, 6.07) is 0. The second-order valence-corrected chi connectivity index (χ2v) is 2.40. The first-order chi connectivity index (χ1) is 4.81. The largest absolute Gasteiger partial charge is 0.0991 e. The van der Waals surface area contributed by atoms with Gasteiger partial charge in [-0.05, 0) is 19.3 Å². The number of rotatable bonds is 4. The molecule has 56 valence electrons. The molecule has 0 saturated heterocycles. The molecule has 1 atom stereocenters. The zero-order valence-electron chi connectivity index (χ0n) is 6.88. The molecule has 0 amide bonds. The molecule has 0 nitrogen and oxygen atoms in total. The van der Waals surface area contributed by atoms with Crippen LogP contribution in [0.4, 0.5) is 0 Å². The Hall–Kier alpha value is -0.780. The van der Waals surface area contributed by atoms with E-state index in [0.717, 1.165) is 6.42 Å². The van der Waals surface area contributed by atoms with Gasteiger partial charge >= 0.3 is 0 Å². The van der Waals surface area contributed by atoms with Gasteiger partial charge in [0, 0.05) is 0 Å². The minimum atomic E-state index is 0.634. The molecule has 0 saturated carbocycles. The Morgan fingerprint density at radius 2 is 2.20 bits per heavy atom. The summed E-state index contributed by atoms with van der Waals surface area (Å²) in [6.07, 6.45) is 11.4. The molecule has 10 heavy (non-hydrogen) atoms. The molecule has 0 fully saturated rings. The first-order valence-electron chi connectivity index (χ1n) is 3.71. The fraction of sp³-hybridized carbons (Fsp3) is 0.400. The van der Waals surface area contributed by atoms with Crippen molar-refractivity contribution < 1.29 is 0 Å². The summed E-state index contributed by atoms with van der Waals surface area (Å²) in [5.74, 6) is 0.634. The first-order valence-corrected chi connectivity index (χ1v) is 3.71. The van der Waals surface area contributed by atoms with Gasteiger partial charge in [0.15, 0.2) is 0 Å². The molecule has 0 aromatic carbocycles. The Morgan fingerprint density at radius 3 is 2.70 bits per heavy atom. The highest BCUT2D eigenvalue weighted by Gasteiger charge is 1.89. The molecule has 0 heteroatoms. The molecule has 0 N–H and O–H groups in total. The molecule has 0 rings (SSSR count). The highest BCUT2D eigenvalue weighted by atomic mass is 13.9. The molecular weight excluding hydrogens is 120 g/mol. The molecular formula is C10H16. The van der Waals surface area contributed by atoms with Crippen LogP contribution in [0.1, 0.15) is 20.3 Å². The van der Waals surface area contributed by atoms with E-state index in [0.29, 0.717) is 5.92 Å². The van der Waals surface area contributed by atoms with E-state index in [9.17, 15) is 0 Å². The Labute approximate surface area is 64.0 Å². The summed E-state index contributed by atoms with van der Waals surface area (Å²) >= 11 is 0. The van der Waals surface area contributed by atoms with Crippen molar-refractivity contribution in [2.24, 2.45) is 5.92 Å². The normalized spacial score (nSPS) is 14.6. The molecule has 0 radical (unpaired) electrons. The molecule has 0 heterocycles. The SMILES string of the molecule is C=CC=CC(C)CC=CC. The Balaban J connectivity index is 3.51. The van der Waals surface area contributed by atoms with Crippen LogP contribution in [0.5, 0.6) is 0 Å². The Morgan fingerprint density at radius 1 is 1.50 bits per heavy atom. The Bertz CT molecular complexity index is 129. The summed E-state index contributed by atoms with van der Waals surface area (Å²) in [5, 5.41) is 0. The lowest BCUT2D eigenvalue weighted by Gasteiger charge is -1.98. The van der Waals surface area contributed by atoms with E-state index in [4.69, 9.17) is 0 Å². The van der Waals surface area contributed by atoms with Gasteiger partial charge < -0.3 is 0 Å². The van der Waals surface area contributed by atoms with Crippen molar-refractivity contribution in [2.75, 3.05) is 0 Å². The lowest BCUT2D eigenvalue weighted by molar-refractivity contribution is 0.744. The molecule has 1 unspecified atom stereocenters. The smallest absolute Gasteiger partial charge is 0.0224 e. The predicted molar refractivity (Wildman–Crippen MR) is 47.9 cm³/mol. The summed E-state index contributed by atoms with van der Waals surface area (Å²) in [5.41, 5.74) is 0. The summed E-state index contributed by atoms with van der Waals surface area (Å²) in [4.78, 5) is 0. The van der Waals surface area contributed by atoms with Crippen LogP contribution in [0.3, 0.4) is 0 Å². The fourth-order valence-electron chi connectivity index (χ4n) is 0.698. The maximum absolute atomic E-state index is 3.61. The van der Waals surface area contributed by atoms with Crippen molar-refractivity contribution in [2.45, 2.75) is 20.3 Å². The van der Waals surface area contributed by atoms with E-state index in [1.54, 1.807) is 0 Å². The van der Waals surface area contributed by atoms with Crippen LogP contribution in [0.2, 0.25) is 0 Å². The lowest BCUT2D eigenvalue weighted by atomic mass is 10.1. The minimum Gasteiger partial charge on any atom is -0.0991 e. The van der Waals surface area contributed by atoms with Crippen LogP contribution in [-0.4, -0.2) is 0 Å². The van der Waals surface area contributed by atoms with Crippen LogP contribution in [0.15, 0.2) is 37.0 Å². The van der Waals surface area contributed by atoms with Gasteiger partial charge in [-0.25, -0.2) is 0 Å². The average molecular weight is 136 g/mol. The monoisotopic (exact) mass is 136 g/mol. The van der Waals surface area contributed by atoms with E-state index >= 15 is 0 Å². The first kappa shape index (κ1) is 9.22. The molecule has 0 aromatic rings. The van der Waals surface area contributed by atoms with Crippen LogP contribution in [0.25, 0.3) is 0 Å². The third-order valence-electron chi connectivity index (χ3n) is 1.32. The second-order valence-electron chi connectivity index (χ2n) is 2.40. The number of hydrogen-bond donors (Lipinski definition) is 0. The van der Waals surface area contributed by atoms with Gasteiger partial charge in [0.05, 0.1) is 0 Å². The summed E-state index contributed by atoms with van der Waals surface area (Å²) in [6.45, 7) is 7.85. The van der Waals surface area contributed by atoms with E-state index in [-0.39, 0.29) is 0 Å². The van der Waals surface area contributed by atoms with Crippen molar-refractivity contribution in [1.82, 2.24) is 0 Å². The standard InChI is InChI=1S/C10H16/c1-4-6-8-10(3)9-7-5-2/h4-8,10H,1,9H2,2-3H3. The zero-order valence-corrected chi connectivity index (χ0v) is 6.88. The fourth-order valence-corrected chi connectivity index (χ4v) is 0.698. The molecule has 0 aliphatic rings. The van der Waals surface area contributed by atoms with Gasteiger partial charge in [-0.2, -0.15) is 0 Å². The van der Waals surface area contributed by atoms with Crippen LogP contribution < -0.4 is 0 Å². The summed E-state index contributed by atoms with van der Waals surface area (Å²) < 4.78 is 0. The van der Waals surface area contributed by atoms with Crippen molar-refractivity contribution in [3.8, 4) is 0 Å². The van der Waals surface area contributed by atoms with E-state index < -0.39 is 0 Å². The van der Waals surface area contributed by atoms with Crippen molar-refractivity contribution in [3.05, 3.63) is 37.0 Å². The van der Waals surface area contributed by atoms with Gasteiger partial charge in [0.25, 0.3) is 0 Å². The zero-order chi connectivity index (χ0) is 7.82. The number of allylic oxidation sites excluding steroid dienone is 5. The molecule has 0 spiro atoms. The average Bonchev–Trinajstić information content (AvgIpc) is 1.97. The minimum absolute atomic E-state index is 0.634. The topological polar surface area (TPSA) is 0 Å². The molecule has 0 bridgehead atoms. The van der Waals surface area contributed by atoms with Crippen LogP contribution in [0, 0.1) is 5.92 Å². The van der Waals surface area contributed by atoms with Crippen molar-refractivity contribution in [1.29, 1.82) is 0 Å². The predicted octanol–water partition coefficient (Wildman–Crippen LogP) is 3.33. The van der Waals surface area contributed by atoms with Gasteiger partial charge in [0.1, 0.15) is 0 Å². The van der Waals surface area contributed by atoms with E-state index in [1.807, 2.05) is 19.1 Å². The lowest BCUT2D eigenvalue weighted by Crippen LogP contribution is -1.84. The van der Waals surface area contributed by atoms with Gasteiger partial charge in [0.2, 0.25) is 0 Å². The Kier molecular flexibility index (Phi) is 5.85. The van der Waals surface area contributed by atoms with Gasteiger partial charge in [-0.3, -0.25) is 0 Å². The highest BCUT2D eigenvalue weighted by molar-refractivity contribution is 5.00. The molecule has 0 aliphatic heterocycles. The maximum atomic E-state index is 3.61. The van der Waals surface area contributed by atoms with Crippen LogP contribution >= 0.6 is 0 Å². The van der Waals surface area contributed by atoms with Crippen molar-refractivity contribution in [3.63, 3.8) is 0 Å². The quantitative estimate of drug-likeness (QED) is 0.411. The third kappa shape index (κ3) is 5.36. The number of hydrogen-bond acceptors (Lipinski definition) is 0. The van der Waals surface area contributed by atoms with Crippen LogP contribution in [-0.2, 0) is 0 Å². The van der Waals surface area contributed by atoms with Gasteiger partial charge in [-0.1, -0.05) is 43.9 Å². The van der Waals surface area contributed by atoms with E-state index in [2.05, 4.69) is 31.7 Å². The van der Waals surface area contributed by atoms with Gasteiger partial charge in [-0.15, -0.1) is 0 Å². The summed E-state index contributed by atoms with van der Waals surface area (Å²) in [7, 11) is 0. The third-order valence-corrected chi connectivity index (χ3v) is 1.32.